The van der Waals surface area contributed by atoms with Crippen LogP contribution in [-0.4, -0.2) is 65.8 Å². The Kier molecular flexibility index (Phi) is 7.46. The van der Waals surface area contributed by atoms with E-state index in [9.17, 15) is 9.90 Å². The number of hydrogen-bond donors (Lipinski definition) is 2. The Morgan fingerprint density at radius 1 is 1.24 bits per heavy atom. The molecule has 0 radical (unpaired) electrons. The summed E-state index contributed by atoms with van der Waals surface area (Å²) in [5.74, 6) is 0.239. The third-order valence-electron chi connectivity index (χ3n) is 4.45. The van der Waals surface area contributed by atoms with Gasteiger partial charge in [0.05, 0.1) is 6.10 Å². The molecule has 0 aliphatic heterocycles. The third kappa shape index (κ3) is 5.83. The maximum atomic E-state index is 12.1. The molecule has 5 nitrogen and oxygen atoms in total. The summed E-state index contributed by atoms with van der Waals surface area (Å²) in [4.78, 5) is 16.1. The van der Waals surface area contributed by atoms with Crippen molar-refractivity contribution in [3.05, 3.63) is 0 Å². The van der Waals surface area contributed by atoms with Crippen LogP contribution in [-0.2, 0) is 0 Å². The normalized spacial score (nSPS) is 22.3. The number of carbonyl (C=O) groups excluding carboxylic acids is 1. The average molecular weight is 299 g/mol. The molecule has 1 saturated carbocycles. The molecule has 0 saturated heterocycles. The van der Waals surface area contributed by atoms with Crippen LogP contribution >= 0.6 is 0 Å². The second-order valence-corrected chi connectivity index (χ2v) is 6.80. The van der Waals surface area contributed by atoms with Crippen LogP contribution in [0.5, 0.6) is 0 Å². The molecule has 124 valence electrons. The molecule has 0 spiro atoms. The molecule has 5 heteroatoms. The van der Waals surface area contributed by atoms with E-state index in [1.54, 1.807) is 4.90 Å². The van der Waals surface area contributed by atoms with Crippen LogP contribution in [0.15, 0.2) is 0 Å². The predicted molar refractivity (Wildman–Crippen MR) is 86.4 cm³/mol. The first-order valence-corrected chi connectivity index (χ1v) is 8.25. The zero-order valence-corrected chi connectivity index (χ0v) is 14.3. The lowest BCUT2D eigenvalue weighted by molar-refractivity contribution is 0.113. The van der Waals surface area contributed by atoms with Crippen LogP contribution in [0.25, 0.3) is 0 Å². The summed E-state index contributed by atoms with van der Waals surface area (Å²) in [5, 5.41) is 12.8. The summed E-state index contributed by atoms with van der Waals surface area (Å²) >= 11 is 0. The van der Waals surface area contributed by atoms with Gasteiger partial charge in [0.15, 0.2) is 0 Å². The van der Waals surface area contributed by atoms with Crippen molar-refractivity contribution in [2.75, 3.05) is 26.7 Å². The van der Waals surface area contributed by atoms with Gasteiger partial charge in [0, 0.05) is 44.7 Å². The smallest absolute Gasteiger partial charge is 0.317 e. The lowest BCUT2D eigenvalue weighted by Gasteiger charge is -2.31. The minimum Gasteiger partial charge on any atom is -0.393 e. The zero-order valence-electron chi connectivity index (χ0n) is 14.3. The molecule has 0 aromatic carbocycles. The molecule has 0 aromatic heterocycles. The molecular formula is C16H33N3O2. The van der Waals surface area contributed by atoms with Gasteiger partial charge in [-0.1, -0.05) is 6.42 Å². The predicted octanol–water partition coefficient (Wildman–Crippen LogP) is 1.91. The van der Waals surface area contributed by atoms with Crippen LogP contribution in [0.3, 0.4) is 0 Å². The standard InChI is InChI=1S/C16H33N3O2/c1-12(2)19(13(3)4)10-9-17-16(21)18(5)11-14-7-6-8-15(14)20/h12-15,20H,6-11H2,1-5H3,(H,17,21). The van der Waals surface area contributed by atoms with Gasteiger partial charge in [0.1, 0.15) is 0 Å². The number of aliphatic hydroxyl groups excluding tert-OH is 1. The molecular weight excluding hydrogens is 266 g/mol. The number of urea groups is 1. The van der Waals surface area contributed by atoms with Gasteiger partial charge in [0.2, 0.25) is 0 Å². The second-order valence-electron chi connectivity index (χ2n) is 6.80. The molecule has 2 atom stereocenters. The lowest BCUT2D eigenvalue weighted by Crippen LogP contribution is -2.46. The highest BCUT2D eigenvalue weighted by Crippen LogP contribution is 2.25. The number of nitrogens with one attached hydrogen (secondary N) is 1. The Balaban J connectivity index is 2.29. The average Bonchev–Trinajstić information content (AvgIpc) is 2.79. The summed E-state index contributed by atoms with van der Waals surface area (Å²) in [6.45, 7) is 10.9. The van der Waals surface area contributed by atoms with E-state index in [0.29, 0.717) is 25.2 Å². The van der Waals surface area contributed by atoms with E-state index < -0.39 is 0 Å². The zero-order chi connectivity index (χ0) is 16.0. The number of carbonyl (C=O) groups is 1. The Labute approximate surface area is 129 Å². The van der Waals surface area contributed by atoms with Crippen LogP contribution in [0, 0.1) is 5.92 Å². The van der Waals surface area contributed by atoms with Crippen LogP contribution in [0.1, 0.15) is 47.0 Å². The third-order valence-corrected chi connectivity index (χ3v) is 4.45. The van der Waals surface area contributed by atoms with E-state index in [1.807, 2.05) is 7.05 Å². The van der Waals surface area contributed by atoms with E-state index >= 15 is 0 Å². The topological polar surface area (TPSA) is 55.8 Å². The highest BCUT2D eigenvalue weighted by atomic mass is 16.3. The number of amides is 2. The van der Waals surface area contributed by atoms with Gasteiger partial charge in [-0.25, -0.2) is 4.79 Å². The molecule has 1 fully saturated rings. The SMILES string of the molecule is CC(C)N(CCNC(=O)N(C)CC1CCCC1O)C(C)C. The van der Waals surface area contributed by atoms with Gasteiger partial charge < -0.3 is 15.3 Å². The molecule has 1 rings (SSSR count). The second kappa shape index (κ2) is 8.59. The van der Waals surface area contributed by atoms with E-state index in [1.165, 1.54) is 0 Å². The number of nitrogens with zero attached hydrogens (tertiary/aromatic N) is 2. The lowest BCUT2D eigenvalue weighted by atomic mass is 10.1. The number of hydrogen-bond acceptors (Lipinski definition) is 3. The van der Waals surface area contributed by atoms with Gasteiger partial charge in [0.25, 0.3) is 0 Å². The van der Waals surface area contributed by atoms with Crippen LogP contribution in [0.4, 0.5) is 4.79 Å². The fourth-order valence-electron chi connectivity index (χ4n) is 3.20. The quantitative estimate of drug-likeness (QED) is 0.755. The Morgan fingerprint density at radius 2 is 1.86 bits per heavy atom. The van der Waals surface area contributed by atoms with Crippen molar-refractivity contribution in [3.63, 3.8) is 0 Å². The molecule has 0 aromatic rings. The first-order valence-electron chi connectivity index (χ1n) is 8.25. The van der Waals surface area contributed by atoms with Crippen molar-refractivity contribution in [2.45, 2.75) is 65.1 Å². The van der Waals surface area contributed by atoms with Crippen LogP contribution < -0.4 is 5.32 Å². The summed E-state index contributed by atoms with van der Waals surface area (Å²) < 4.78 is 0. The molecule has 2 amide bonds. The highest BCUT2D eigenvalue weighted by Gasteiger charge is 2.27. The molecule has 21 heavy (non-hydrogen) atoms. The highest BCUT2D eigenvalue weighted by molar-refractivity contribution is 5.73. The Morgan fingerprint density at radius 3 is 2.33 bits per heavy atom. The molecule has 0 bridgehead atoms. The van der Waals surface area contributed by atoms with Crippen molar-refractivity contribution in [1.82, 2.24) is 15.1 Å². The van der Waals surface area contributed by atoms with Crippen molar-refractivity contribution in [2.24, 2.45) is 5.92 Å². The van der Waals surface area contributed by atoms with E-state index in [0.717, 1.165) is 25.8 Å². The van der Waals surface area contributed by atoms with Crippen molar-refractivity contribution in [3.8, 4) is 0 Å². The first-order chi connectivity index (χ1) is 9.82. The van der Waals surface area contributed by atoms with Crippen molar-refractivity contribution >= 4 is 6.03 Å². The van der Waals surface area contributed by atoms with Gasteiger partial charge in [-0.2, -0.15) is 0 Å². The maximum absolute atomic E-state index is 12.1. The molecule has 2 unspecified atom stereocenters. The first kappa shape index (κ1) is 18.2. The van der Waals surface area contributed by atoms with Crippen molar-refractivity contribution in [1.29, 1.82) is 0 Å². The molecule has 1 aliphatic carbocycles. The summed E-state index contributed by atoms with van der Waals surface area (Å²) in [6.07, 6.45) is 2.72. The fourth-order valence-corrected chi connectivity index (χ4v) is 3.20. The van der Waals surface area contributed by atoms with Gasteiger partial charge >= 0.3 is 6.03 Å². The largest absolute Gasteiger partial charge is 0.393 e. The van der Waals surface area contributed by atoms with Gasteiger partial charge in [-0.05, 0) is 40.5 Å². The van der Waals surface area contributed by atoms with E-state index in [-0.39, 0.29) is 18.1 Å². The Hall–Kier alpha value is -0.810. The monoisotopic (exact) mass is 299 g/mol. The fraction of sp³-hybridized carbons (Fsp3) is 0.938. The Bertz CT molecular complexity index is 313. The van der Waals surface area contributed by atoms with Gasteiger partial charge in [-0.3, -0.25) is 4.90 Å². The summed E-state index contributed by atoms with van der Waals surface area (Å²) in [6, 6.07) is 0.920. The molecule has 2 N–H and O–H groups in total. The number of aliphatic hydroxyl groups is 1. The maximum Gasteiger partial charge on any atom is 0.317 e. The molecule has 1 aliphatic rings. The van der Waals surface area contributed by atoms with Gasteiger partial charge in [-0.15, -0.1) is 0 Å². The van der Waals surface area contributed by atoms with E-state index in [4.69, 9.17) is 0 Å². The summed E-state index contributed by atoms with van der Waals surface area (Å²) in [7, 11) is 1.81. The van der Waals surface area contributed by atoms with Crippen LogP contribution in [0.2, 0.25) is 0 Å². The van der Waals surface area contributed by atoms with Crippen molar-refractivity contribution < 1.29 is 9.90 Å². The minimum absolute atomic E-state index is 0.0402. The summed E-state index contributed by atoms with van der Waals surface area (Å²) in [5.41, 5.74) is 0. The number of rotatable bonds is 7. The van der Waals surface area contributed by atoms with E-state index in [2.05, 4.69) is 37.9 Å². The minimum atomic E-state index is -0.238. The molecule has 0 heterocycles.